The summed E-state index contributed by atoms with van der Waals surface area (Å²) in [6, 6.07) is 4.23. The van der Waals surface area contributed by atoms with Crippen molar-refractivity contribution >= 4 is 11.6 Å². The van der Waals surface area contributed by atoms with Crippen molar-refractivity contribution in [3.05, 3.63) is 35.3 Å². The van der Waals surface area contributed by atoms with Crippen molar-refractivity contribution in [2.45, 2.75) is 46.6 Å². The zero-order valence-corrected chi connectivity index (χ0v) is 12.0. The second-order valence-electron chi connectivity index (χ2n) is 5.08. The van der Waals surface area contributed by atoms with E-state index in [4.69, 9.17) is 0 Å². The van der Waals surface area contributed by atoms with Gasteiger partial charge >= 0.3 is 0 Å². The third kappa shape index (κ3) is 2.78. The second-order valence-corrected chi connectivity index (χ2v) is 5.08. The van der Waals surface area contributed by atoms with Gasteiger partial charge in [-0.05, 0) is 38.8 Å². The number of nitrogens with zero attached hydrogens (tertiary/aromatic N) is 2. The first-order valence-corrected chi connectivity index (χ1v) is 6.75. The molecule has 4 nitrogen and oxygen atoms in total. The highest BCUT2D eigenvalue weighted by Crippen LogP contribution is 2.15. The molecule has 0 aliphatic rings. The molecule has 1 N–H and O–H groups in total. The number of fused-ring (bicyclic) bond motifs is 1. The van der Waals surface area contributed by atoms with Crippen LogP contribution in [0.4, 0.5) is 0 Å². The summed E-state index contributed by atoms with van der Waals surface area (Å²) in [7, 11) is 0. The van der Waals surface area contributed by atoms with Crippen molar-refractivity contribution in [1.82, 2.24) is 14.7 Å². The Labute approximate surface area is 113 Å². The maximum Gasteiger partial charge on any atom is 0.226 e. The zero-order valence-electron chi connectivity index (χ0n) is 12.0. The number of rotatable bonds is 4. The molecule has 2 heterocycles. The maximum atomic E-state index is 12.0. The van der Waals surface area contributed by atoms with E-state index in [0.717, 1.165) is 29.0 Å². The second kappa shape index (κ2) is 5.43. The summed E-state index contributed by atoms with van der Waals surface area (Å²) in [4.78, 5) is 16.6. The first-order chi connectivity index (χ1) is 9.02. The third-order valence-electron chi connectivity index (χ3n) is 3.49. The number of hydrogen-bond acceptors (Lipinski definition) is 2. The molecule has 0 saturated heterocycles. The maximum absolute atomic E-state index is 12.0. The highest BCUT2D eigenvalue weighted by molar-refractivity contribution is 5.79. The lowest BCUT2D eigenvalue weighted by molar-refractivity contribution is -0.121. The van der Waals surface area contributed by atoms with Crippen LogP contribution in [0.5, 0.6) is 0 Å². The summed E-state index contributed by atoms with van der Waals surface area (Å²) >= 11 is 0. The van der Waals surface area contributed by atoms with Crippen LogP contribution >= 0.6 is 0 Å². The van der Waals surface area contributed by atoms with Crippen molar-refractivity contribution in [3.8, 4) is 0 Å². The molecule has 1 amide bonds. The Morgan fingerprint density at radius 3 is 2.89 bits per heavy atom. The lowest BCUT2D eigenvalue weighted by Gasteiger charge is -2.11. The van der Waals surface area contributed by atoms with Crippen LogP contribution in [-0.2, 0) is 11.2 Å². The SMILES string of the molecule is CCC(C)NC(=O)Cc1c(C)nc2c(C)cccn12. The van der Waals surface area contributed by atoms with Crippen LogP contribution in [0.2, 0.25) is 0 Å². The van der Waals surface area contributed by atoms with Crippen molar-refractivity contribution in [2.75, 3.05) is 0 Å². The summed E-state index contributed by atoms with van der Waals surface area (Å²) in [5.41, 5.74) is 3.96. The Morgan fingerprint density at radius 1 is 1.47 bits per heavy atom. The van der Waals surface area contributed by atoms with Gasteiger partial charge in [0.05, 0.1) is 17.8 Å². The molecule has 0 saturated carbocycles. The summed E-state index contributed by atoms with van der Waals surface area (Å²) in [6.07, 6.45) is 3.28. The minimum atomic E-state index is 0.0563. The predicted molar refractivity (Wildman–Crippen MR) is 76.3 cm³/mol. The lowest BCUT2D eigenvalue weighted by Crippen LogP contribution is -2.33. The van der Waals surface area contributed by atoms with Gasteiger partial charge in [-0.25, -0.2) is 4.98 Å². The molecule has 102 valence electrons. The normalized spacial score (nSPS) is 12.6. The van der Waals surface area contributed by atoms with Gasteiger partial charge in [-0.15, -0.1) is 0 Å². The van der Waals surface area contributed by atoms with Crippen LogP contribution in [0.1, 0.15) is 37.2 Å². The molecule has 1 atom stereocenters. The highest BCUT2D eigenvalue weighted by atomic mass is 16.1. The molecule has 2 rings (SSSR count). The first kappa shape index (κ1) is 13.6. The third-order valence-corrected chi connectivity index (χ3v) is 3.49. The number of hydrogen-bond donors (Lipinski definition) is 1. The smallest absolute Gasteiger partial charge is 0.226 e. The number of pyridine rings is 1. The van der Waals surface area contributed by atoms with Crippen molar-refractivity contribution in [2.24, 2.45) is 0 Å². The summed E-state index contributed by atoms with van der Waals surface area (Å²) < 4.78 is 2.01. The average Bonchev–Trinajstić information content (AvgIpc) is 2.68. The van der Waals surface area contributed by atoms with Gasteiger partial charge in [0, 0.05) is 12.2 Å². The van der Waals surface area contributed by atoms with Gasteiger partial charge in [0.1, 0.15) is 5.65 Å². The fraction of sp³-hybridized carbons (Fsp3) is 0.467. The number of aryl methyl sites for hydroxylation is 2. The molecule has 2 aromatic heterocycles. The molecule has 0 aliphatic heterocycles. The van der Waals surface area contributed by atoms with Gasteiger partial charge < -0.3 is 9.72 Å². The van der Waals surface area contributed by atoms with Gasteiger partial charge in [-0.1, -0.05) is 13.0 Å². The van der Waals surface area contributed by atoms with Gasteiger partial charge in [0.15, 0.2) is 0 Å². The molecule has 0 aliphatic carbocycles. The number of nitrogens with one attached hydrogen (secondary N) is 1. The standard InChI is InChI=1S/C15H21N3O/c1-5-11(3)16-14(19)9-13-12(4)17-15-10(2)7-6-8-18(13)15/h6-8,11H,5,9H2,1-4H3,(H,16,19). The minimum absolute atomic E-state index is 0.0563. The fourth-order valence-electron chi connectivity index (χ4n) is 2.16. The summed E-state index contributed by atoms with van der Waals surface area (Å²) in [6.45, 7) is 8.07. The first-order valence-electron chi connectivity index (χ1n) is 6.75. The summed E-state index contributed by atoms with van der Waals surface area (Å²) in [5.74, 6) is 0.0563. The van der Waals surface area contributed by atoms with E-state index >= 15 is 0 Å². The van der Waals surface area contributed by atoms with E-state index in [1.165, 1.54) is 0 Å². The van der Waals surface area contributed by atoms with Crippen molar-refractivity contribution < 1.29 is 4.79 Å². The van der Waals surface area contributed by atoms with E-state index in [0.29, 0.717) is 6.42 Å². The number of amides is 1. The number of aromatic nitrogens is 2. The van der Waals surface area contributed by atoms with Crippen LogP contribution in [0.15, 0.2) is 18.3 Å². The predicted octanol–water partition coefficient (Wildman–Crippen LogP) is 2.41. The molecular weight excluding hydrogens is 238 g/mol. The Kier molecular flexibility index (Phi) is 3.88. The number of carbonyl (C=O) groups is 1. The van der Waals surface area contributed by atoms with E-state index in [-0.39, 0.29) is 11.9 Å². The topological polar surface area (TPSA) is 46.4 Å². The lowest BCUT2D eigenvalue weighted by atomic mass is 10.2. The van der Waals surface area contributed by atoms with Gasteiger partial charge in [0.2, 0.25) is 5.91 Å². The molecule has 0 aromatic carbocycles. The van der Waals surface area contributed by atoms with E-state index in [2.05, 4.69) is 17.2 Å². The van der Waals surface area contributed by atoms with E-state index in [9.17, 15) is 4.79 Å². The van der Waals surface area contributed by atoms with Crippen LogP contribution in [0.25, 0.3) is 5.65 Å². The Morgan fingerprint density at radius 2 is 2.21 bits per heavy atom. The van der Waals surface area contributed by atoms with Gasteiger partial charge in [-0.3, -0.25) is 4.79 Å². The van der Waals surface area contributed by atoms with Crippen LogP contribution in [-0.4, -0.2) is 21.3 Å². The van der Waals surface area contributed by atoms with Crippen molar-refractivity contribution in [1.29, 1.82) is 0 Å². The van der Waals surface area contributed by atoms with Crippen LogP contribution < -0.4 is 5.32 Å². The average molecular weight is 259 g/mol. The Balaban J connectivity index is 2.28. The van der Waals surface area contributed by atoms with E-state index in [1.54, 1.807) is 0 Å². The Hall–Kier alpha value is -1.84. The Bertz CT molecular complexity index is 601. The summed E-state index contributed by atoms with van der Waals surface area (Å²) in [5, 5.41) is 2.99. The molecule has 19 heavy (non-hydrogen) atoms. The van der Waals surface area contributed by atoms with Crippen LogP contribution in [0, 0.1) is 13.8 Å². The highest BCUT2D eigenvalue weighted by Gasteiger charge is 2.14. The monoisotopic (exact) mass is 259 g/mol. The fourth-order valence-corrected chi connectivity index (χ4v) is 2.16. The molecule has 0 fully saturated rings. The van der Waals surface area contributed by atoms with Crippen molar-refractivity contribution in [3.63, 3.8) is 0 Å². The molecule has 2 aromatic rings. The molecule has 0 spiro atoms. The van der Waals surface area contributed by atoms with E-state index in [1.807, 2.05) is 43.5 Å². The van der Waals surface area contributed by atoms with E-state index < -0.39 is 0 Å². The number of carbonyl (C=O) groups excluding carboxylic acids is 1. The molecule has 1 unspecified atom stereocenters. The molecular formula is C15H21N3O. The van der Waals surface area contributed by atoms with Crippen LogP contribution in [0.3, 0.4) is 0 Å². The molecule has 0 bridgehead atoms. The van der Waals surface area contributed by atoms with Gasteiger partial charge in [0.25, 0.3) is 0 Å². The zero-order chi connectivity index (χ0) is 14.0. The molecule has 0 radical (unpaired) electrons. The quantitative estimate of drug-likeness (QED) is 0.916. The number of imidazole rings is 1. The molecule has 4 heteroatoms. The van der Waals surface area contributed by atoms with Gasteiger partial charge in [-0.2, -0.15) is 0 Å². The largest absolute Gasteiger partial charge is 0.353 e. The minimum Gasteiger partial charge on any atom is -0.353 e.